The number of likely N-dealkylation sites (N-methyl/N-ethyl adjacent to an activating group) is 1. The van der Waals surface area contributed by atoms with Crippen LogP contribution in [0.25, 0.3) is 5.76 Å². The summed E-state index contributed by atoms with van der Waals surface area (Å²) in [5.74, 6) is -0.238. The Morgan fingerprint density at radius 2 is 2.00 bits per heavy atom. The molecule has 0 spiro atoms. The van der Waals surface area contributed by atoms with E-state index in [4.69, 9.17) is 14.2 Å². The van der Waals surface area contributed by atoms with Crippen molar-refractivity contribution < 1.29 is 28.9 Å². The Morgan fingerprint density at radius 1 is 1.20 bits per heavy atom. The lowest BCUT2D eigenvalue weighted by atomic mass is 9.94. The lowest BCUT2D eigenvalue weighted by molar-refractivity contribution is -0.140. The van der Waals surface area contributed by atoms with Crippen molar-refractivity contribution in [3.63, 3.8) is 0 Å². The highest BCUT2D eigenvalue weighted by Crippen LogP contribution is 2.41. The normalized spacial score (nSPS) is 19.2. The van der Waals surface area contributed by atoms with E-state index in [-0.39, 0.29) is 17.4 Å². The van der Waals surface area contributed by atoms with E-state index in [1.807, 2.05) is 31.9 Å². The number of ether oxygens (including phenoxy) is 3. The summed E-state index contributed by atoms with van der Waals surface area (Å²) in [6.07, 6.45) is 0.637. The summed E-state index contributed by atoms with van der Waals surface area (Å²) >= 11 is 0. The maximum absolute atomic E-state index is 13.3. The lowest BCUT2D eigenvalue weighted by Gasteiger charge is -2.28. The monoisotopic (exact) mass is 480 g/mol. The molecule has 1 amide bonds. The average Bonchev–Trinajstić information content (AvgIpc) is 3.11. The second kappa shape index (κ2) is 10.4. The van der Waals surface area contributed by atoms with E-state index < -0.39 is 17.7 Å². The molecule has 0 saturated carbocycles. The molecule has 0 bridgehead atoms. The number of amides is 1. The first-order valence-corrected chi connectivity index (χ1v) is 11.8. The zero-order chi connectivity index (χ0) is 25.1. The van der Waals surface area contributed by atoms with Gasteiger partial charge in [-0.05, 0) is 56.2 Å². The quantitative estimate of drug-likeness (QED) is 0.266. The lowest BCUT2D eigenvalue weighted by Crippen LogP contribution is -2.31. The largest absolute Gasteiger partial charge is 0.507 e. The van der Waals surface area contributed by atoms with Crippen LogP contribution in [0, 0.1) is 0 Å². The van der Waals surface area contributed by atoms with Crippen molar-refractivity contribution in [2.24, 2.45) is 0 Å². The molecule has 186 valence electrons. The van der Waals surface area contributed by atoms with E-state index in [0.717, 1.165) is 5.69 Å². The first-order chi connectivity index (χ1) is 16.8. The molecule has 2 aliphatic rings. The first-order valence-electron chi connectivity index (χ1n) is 11.8. The number of hydrogen-bond donors (Lipinski definition) is 1. The molecule has 35 heavy (non-hydrogen) atoms. The third-order valence-corrected chi connectivity index (χ3v) is 6.27. The number of benzene rings is 2. The van der Waals surface area contributed by atoms with Crippen molar-refractivity contribution in [1.29, 1.82) is 0 Å². The van der Waals surface area contributed by atoms with E-state index in [0.29, 0.717) is 55.4 Å². The fourth-order valence-corrected chi connectivity index (χ4v) is 4.48. The van der Waals surface area contributed by atoms with Gasteiger partial charge in [-0.15, -0.1) is 0 Å². The summed E-state index contributed by atoms with van der Waals surface area (Å²) in [5.41, 5.74) is 2.02. The summed E-state index contributed by atoms with van der Waals surface area (Å²) < 4.78 is 16.7. The first kappa shape index (κ1) is 24.6. The number of methoxy groups -OCH3 is 1. The number of carbonyl (C=O) groups excluding carboxylic acids is 2. The summed E-state index contributed by atoms with van der Waals surface area (Å²) in [5, 5.41) is 11.4. The number of likely N-dealkylation sites (tertiary alicyclic amines) is 1. The molecular weight excluding hydrogens is 448 g/mol. The number of anilines is 1. The van der Waals surface area contributed by atoms with E-state index in [9.17, 15) is 14.7 Å². The minimum atomic E-state index is -0.742. The molecule has 1 saturated heterocycles. The molecule has 1 fully saturated rings. The SMILES string of the molecule is COc1cccc(C2/C(=C(/O)c3ccc4c(c3)N(C)CCO4)C(=O)C(=O)N2CCCOC(C)C)c1. The van der Waals surface area contributed by atoms with Gasteiger partial charge >= 0.3 is 0 Å². The maximum atomic E-state index is 13.3. The summed E-state index contributed by atoms with van der Waals surface area (Å²) in [6.45, 7) is 5.96. The topological polar surface area (TPSA) is 88.5 Å². The number of nitrogens with zero attached hydrogens (tertiary/aromatic N) is 2. The molecule has 2 aromatic rings. The minimum Gasteiger partial charge on any atom is -0.507 e. The van der Waals surface area contributed by atoms with Gasteiger partial charge in [0, 0.05) is 25.8 Å². The van der Waals surface area contributed by atoms with Gasteiger partial charge in [-0.3, -0.25) is 9.59 Å². The van der Waals surface area contributed by atoms with Crippen LogP contribution in [-0.4, -0.2) is 68.3 Å². The zero-order valence-corrected chi connectivity index (χ0v) is 20.6. The van der Waals surface area contributed by atoms with Crippen LogP contribution in [0.4, 0.5) is 5.69 Å². The van der Waals surface area contributed by atoms with E-state index in [2.05, 4.69) is 0 Å². The van der Waals surface area contributed by atoms with Crippen LogP contribution >= 0.6 is 0 Å². The fourth-order valence-electron chi connectivity index (χ4n) is 4.48. The number of aliphatic hydroxyl groups is 1. The Balaban J connectivity index is 1.77. The second-order valence-corrected chi connectivity index (χ2v) is 8.99. The third-order valence-electron chi connectivity index (χ3n) is 6.27. The molecule has 0 radical (unpaired) electrons. The van der Waals surface area contributed by atoms with Gasteiger partial charge in [-0.25, -0.2) is 0 Å². The molecule has 2 aliphatic heterocycles. The van der Waals surface area contributed by atoms with E-state index >= 15 is 0 Å². The van der Waals surface area contributed by atoms with Crippen LogP contribution in [0.15, 0.2) is 48.0 Å². The third kappa shape index (κ3) is 4.98. The van der Waals surface area contributed by atoms with Crippen molar-refractivity contribution in [3.8, 4) is 11.5 Å². The summed E-state index contributed by atoms with van der Waals surface area (Å²) in [6, 6.07) is 11.8. The highest BCUT2D eigenvalue weighted by Gasteiger charge is 2.46. The van der Waals surface area contributed by atoms with Gasteiger partial charge in [0.05, 0.1) is 37.1 Å². The van der Waals surface area contributed by atoms with Gasteiger partial charge in [0.2, 0.25) is 0 Å². The Morgan fingerprint density at radius 3 is 2.74 bits per heavy atom. The summed E-state index contributed by atoms with van der Waals surface area (Å²) in [4.78, 5) is 29.9. The number of aliphatic hydroxyl groups excluding tert-OH is 1. The van der Waals surface area contributed by atoms with Crippen molar-refractivity contribution in [1.82, 2.24) is 4.90 Å². The van der Waals surface area contributed by atoms with Crippen molar-refractivity contribution in [2.75, 3.05) is 45.4 Å². The van der Waals surface area contributed by atoms with Crippen LogP contribution in [0.1, 0.15) is 37.4 Å². The highest BCUT2D eigenvalue weighted by molar-refractivity contribution is 6.46. The predicted octanol–water partition coefficient (Wildman–Crippen LogP) is 3.76. The van der Waals surface area contributed by atoms with Crippen molar-refractivity contribution in [2.45, 2.75) is 32.4 Å². The molecule has 0 aliphatic carbocycles. The minimum absolute atomic E-state index is 0.0624. The van der Waals surface area contributed by atoms with Gasteiger partial charge in [-0.1, -0.05) is 12.1 Å². The van der Waals surface area contributed by atoms with E-state index in [1.54, 1.807) is 43.5 Å². The second-order valence-electron chi connectivity index (χ2n) is 8.99. The number of rotatable bonds is 8. The summed E-state index contributed by atoms with van der Waals surface area (Å²) in [7, 11) is 3.50. The van der Waals surface area contributed by atoms with Crippen molar-refractivity contribution in [3.05, 3.63) is 59.2 Å². The van der Waals surface area contributed by atoms with Crippen molar-refractivity contribution >= 4 is 23.1 Å². The van der Waals surface area contributed by atoms with Crippen LogP contribution in [0.5, 0.6) is 11.5 Å². The smallest absolute Gasteiger partial charge is 0.295 e. The molecule has 1 unspecified atom stereocenters. The van der Waals surface area contributed by atoms with Crippen LogP contribution in [-0.2, 0) is 14.3 Å². The Kier molecular flexibility index (Phi) is 7.31. The number of fused-ring (bicyclic) bond motifs is 1. The molecule has 2 aromatic carbocycles. The Bertz CT molecular complexity index is 1140. The van der Waals surface area contributed by atoms with Gasteiger partial charge in [0.1, 0.15) is 23.9 Å². The number of carbonyl (C=O) groups is 2. The molecule has 8 nitrogen and oxygen atoms in total. The van der Waals surface area contributed by atoms with Gasteiger partial charge < -0.3 is 29.1 Å². The molecule has 2 heterocycles. The average molecular weight is 481 g/mol. The molecule has 8 heteroatoms. The molecular formula is C27H32N2O6. The van der Waals surface area contributed by atoms with Crippen LogP contribution in [0.2, 0.25) is 0 Å². The maximum Gasteiger partial charge on any atom is 0.295 e. The Labute approximate surface area is 205 Å². The van der Waals surface area contributed by atoms with Crippen LogP contribution in [0.3, 0.4) is 0 Å². The fraction of sp³-hybridized carbons (Fsp3) is 0.407. The van der Waals surface area contributed by atoms with Gasteiger partial charge in [-0.2, -0.15) is 0 Å². The molecule has 1 atom stereocenters. The predicted molar refractivity (Wildman–Crippen MR) is 133 cm³/mol. The van der Waals surface area contributed by atoms with E-state index in [1.165, 1.54) is 4.90 Å². The van der Waals surface area contributed by atoms with Crippen LogP contribution < -0.4 is 14.4 Å². The zero-order valence-electron chi connectivity index (χ0n) is 20.6. The number of hydrogen-bond acceptors (Lipinski definition) is 7. The highest BCUT2D eigenvalue weighted by atomic mass is 16.5. The Hall–Kier alpha value is -3.52. The number of Topliss-reactive ketones (excluding diaryl/α,β-unsaturated/α-hetero) is 1. The molecule has 0 aromatic heterocycles. The molecule has 1 N–H and O–H groups in total. The number of ketones is 1. The standard InChI is InChI=1S/C27H32N2O6/c1-17(2)34-13-6-11-29-24(18-7-5-8-20(15-18)33-4)23(26(31)27(29)32)25(30)19-9-10-22-21(16-19)28(3)12-14-35-22/h5,7-10,15-17,24,30H,6,11-14H2,1-4H3/b25-23-. The molecule has 4 rings (SSSR count). The van der Waals surface area contributed by atoms with Gasteiger partial charge in [0.25, 0.3) is 11.7 Å². The van der Waals surface area contributed by atoms with Gasteiger partial charge in [0.15, 0.2) is 0 Å².